The Bertz CT molecular complexity index is 77.7. The SMILES string of the molecule is N=C=N.NC(N)=S. The van der Waals surface area contributed by atoms with Gasteiger partial charge in [-0.1, -0.05) is 0 Å². The number of hydrogen-bond acceptors (Lipinski definition) is 3. The molecule has 0 unspecified atom stereocenters. The number of rotatable bonds is 0. The topological polar surface area (TPSA) is 99.7 Å². The average molecular weight is 118 g/mol. The second-order valence-electron chi connectivity index (χ2n) is 0.527. The summed E-state index contributed by atoms with van der Waals surface area (Å²) >= 11 is 4.09. The smallest absolute Gasteiger partial charge is 0.160 e. The maximum absolute atomic E-state index is 5.62. The lowest BCUT2D eigenvalue weighted by molar-refractivity contribution is 1.47. The molecular formula is C2H6N4S. The summed E-state index contributed by atoms with van der Waals surface area (Å²) < 4.78 is 0. The van der Waals surface area contributed by atoms with Gasteiger partial charge in [-0.15, -0.1) is 0 Å². The summed E-state index contributed by atoms with van der Waals surface area (Å²) in [4.78, 5) is 0. The number of nitrogens with one attached hydrogen (secondary N) is 2. The van der Waals surface area contributed by atoms with Crippen molar-refractivity contribution < 1.29 is 0 Å². The fraction of sp³-hybridized carbons (Fsp3) is 0. The van der Waals surface area contributed by atoms with Gasteiger partial charge >= 0.3 is 0 Å². The van der Waals surface area contributed by atoms with Gasteiger partial charge in [0.1, 0.15) is 0 Å². The second kappa shape index (κ2) is 8.91. The maximum Gasteiger partial charge on any atom is 0.160 e. The van der Waals surface area contributed by atoms with Gasteiger partial charge in [0.25, 0.3) is 0 Å². The number of thiocarbonyl (C=S) groups is 1. The zero-order chi connectivity index (χ0) is 6.28. The summed E-state index contributed by atoms with van der Waals surface area (Å²) in [5, 5.41) is 11.2. The molecule has 0 fully saturated rings. The van der Waals surface area contributed by atoms with E-state index >= 15 is 0 Å². The lowest BCUT2D eigenvalue weighted by Gasteiger charge is -1.68. The van der Waals surface area contributed by atoms with Crippen LogP contribution in [0.5, 0.6) is 0 Å². The van der Waals surface area contributed by atoms with Gasteiger partial charge in [0.2, 0.25) is 0 Å². The second-order valence-corrected chi connectivity index (χ2v) is 0.999. The van der Waals surface area contributed by atoms with Crippen LogP contribution in [0, 0.1) is 10.8 Å². The van der Waals surface area contributed by atoms with E-state index in [1.807, 2.05) is 0 Å². The lowest BCUT2D eigenvalue weighted by Crippen LogP contribution is -2.18. The van der Waals surface area contributed by atoms with Gasteiger partial charge in [0.05, 0.1) is 6.01 Å². The van der Waals surface area contributed by atoms with Crippen molar-refractivity contribution in [2.24, 2.45) is 11.5 Å². The molecule has 0 amide bonds. The minimum atomic E-state index is 0.000000000000000222. The molecule has 4 nitrogen and oxygen atoms in total. The minimum absolute atomic E-state index is 0.000000000000000222. The molecule has 0 bridgehead atoms. The molecule has 0 atom stereocenters. The van der Waals surface area contributed by atoms with Crippen LogP contribution in [0.4, 0.5) is 0 Å². The van der Waals surface area contributed by atoms with Gasteiger partial charge in [-0.05, 0) is 12.2 Å². The summed E-state index contributed by atoms with van der Waals surface area (Å²) in [7, 11) is 0. The summed E-state index contributed by atoms with van der Waals surface area (Å²) in [6, 6.07) is 1.25. The van der Waals surface area contributed by atoms with Crippen LogP contribution in [0.2, 0.25) is 0 Å². The molecule has 0 rings (SSSR count). The monoisotopic (exact) mass is 118 g/mol. The first kappa shape index (κ1) is 9.42. The van der Waals surface area contributed by atoms with Gasteiger partial charge in [0, 0.05) is 0 Å². The fourth-order valence-corrected chi connectivity index (χ4v) is 0. The fourth-order valence-electron chi connectivity index (χ4n) is 0. The van der Waals surface area contributed by atoms with E-state index in [2.05, 4.69) is 23.7 Å². The quantitative estimate of drug-likeness (QED) is 0.255. The molecule has 0 radical (unpaired) electrons. The van der Waals surface area contributed by atoms with Crippen LogP contribution in [-0.2, 0) is 0 Å². The molecule has 0 heterocycles. The molecular weight excluding hydrogens is 112 g/mol. The van der Waals surface area contributed by atoms with Crippen LogP contribution in [0.25, 0.3) is 0 Å². The van der Waals surface area contributed by atoms with E-state index < -0.39 is 0 Å². The highest BCUT2D eigenvalue weighted by Crippen LogP contribution is 1.32. The lowest BCUT2D eigenvalue weighted by atomic mass is 11.3. The van der Waals surface area contributed by atoms with Crippen LogP contribution < -0.4 is 11.5 Å². The average Bonchev–Trinajstić information content (AvgIpc) is 1.33. The van der Waals surface area contributed by atoms with Crippen LogP contribution >= 0.6 is 12.2 Å². The standard InChI is InChI=1S/CH4N2S.CH2N2/c2-1(3)4;2-1-3/h(H4,2,3,4);2-3H. The van der Waals surface area contributed by atoms with E-state index in [-0.39, 0.29) is 5.11 Å². The Morgan fingerprint density at radius 3 is 1.43 bits per heavy atom. The number of hydrogen-bond donors (Lipinski definition) is 4. The number of nitrogens with two attached hydrogens (primary N) is 2. The van der Waals surface area contributed by atoms with Crippen molar-refractivity contribution in [2.75, 3.05) is 0 Å². The van der Waals surface area contributed by atoms with Crippen LogP contribution in [0.3, 0.4) is 0 Å². The van der Waals surface area contributed by atoms with E-state index in [4.69, 9.17) is 10.8 Å². The molecule has 0 aliphatic rings. The Morgan fingerprint density at radius 2 is 1.43 bits per heavy atom. The van der Waals surface area contributed by atoms with Crippen LogP contribution in [-0.4, -0.2) is 11.1 Å². The van der Waals surface area contributed by atoms with Gasteiger partial charge in [-0.25, -0.2) is 10.8 Å². The van der Waals surface area contributed by atoms with Crippen molar-refractivity contribution in [3.8, 4) is 0 Å². The largest absolute Gasteiger partial charge is 0.377 e. The van der Waals surface area contributed by atoms with Crippen molar-refractivity contribution in [3.63, 3.8) is 0 Å². The van der Waals surface area contributed by atoms with Crippen molar-refractivity contribution in [1.29, 1.82) is 10.8 Å². The highest BCUT2D eigenvalue weighted by atomic mass is 32.1. The Hall–Kier alpha value is -0.930. The predicted molar refractivity (Wildman–Crippen MR) is 31.4 cm³/mol. The van der Waals surface area contributed by atoms with Crippen molar-refractivity contribution in [3.05, 3.63) is 0 Å². The molecule has 0 saturated carbocycles. The molecule has 0 aliphatic heterocycles. The molecule has 0 aromatic carbocycles. The highest BCUT2D eigenvalue weighted by Gasteiger charge is 1.53. The van der Waals surface area contributed by atoms with E-state index in [1.165, 1.54) is 6.01 Å². The van der Waals surface area contributed by atoms with Gasteiger partial charge in [-0.2, -0.15) is 0 Å². The zero-order valence-electron chi connectivity index (χ0n) is 3.56. The Balaban J connectivity index is 0. The molecule has 5 heteroatoms. The van der Waals surface area contributed by atoms with Gasteiger partial charge in [0.15, 0.2) is 5.11 Å². The summed E-state index contributed by atoms with van der Waals surface area (Å²) in [6.45, 7) is 0. The molecule has 7 heavy (non-hydrogen) atoms. The first-order valence-electron chi connectivity index (χ1n) is 1.28. The third kappa shape index (κ3) is 55.2. The van der Waals surface area contributed by atoms with E-state index in [9.17, 15) is 0 Å². The third-order valence-electron chi connectivity index (χ3n) is 0. The van der Waals surface area contributed by atoms with E-state index in [0.29, 0.717) is 0 Å². The highest BCUT2D eigenvalue weighted by molar-refractivity contribution is 7.80. The molecule has 0 aromatic rings. The zero-order valence-corrected chi connectivity index (χ0v) is 4.38. The molecule has 40 valence electrons. The normalized spacial score (nSPS) is 4.57. The third-order valence-corrected chi connectivity index (χ3v) is 0. The van der Waals surface area contributed by atoms with Crippen LogP contribution in [0.15, 0.2) is 0 Å². The minimum Gasteiger partial charge on any atom is -0.377 e. The molecule has 6 N–H and O–H groups in total. The van der Waals surface area contributed by atoms with Crippen LogP contribution in [0.1, 0.15) is 0 Å². The molecule has 0 aliphatic carbocycles. The summed E-state index contributed by atoms with van der Waals surface area (Å²) in [6.07, 6.45) is 0. The summed E-state index contributed by atoms with van der Waals surface area (Å²) in [5.74, 6) is 0. The first-order valence-corrected chi connectivity index (χ1v) is 1.69. The maximum atomic E-state index is 5.62. The van der Waals surface area contributed by atoms with Gasteiger partial charge < -0.3 is 11.5 Å². The first-order chi connectivity index (χ1) is 3.15. The van der Waals surface area contributed by atoms with Gasteiger partial charge in [-0.3, -0.25) is 0 Å². The Labute approximate surface area is 46.5 Å². The summed E-state index contributed by atoms with van der Waals surface area (Å²) in [5.41, 5.74) is 9.24. The molecule has 0 saturated heterocycles. The Morgan fingerprint density at radius 1 is 1.43 bits per heavy atom. The van der Waals surface area contributed by atoms with Crippen molar-refractivity contribution in [1.82, 2.24) is 0 Å². The molecule has 0 spiro atoms. The van der Waals surface area contributed by atoms with E-state index in [0.717, 1.165) is 0 Å². The van der Waals surface area contributed by atoms with Crippen molar-refractivity contribution >= 4 is 23.3 Å². The molecule has 0 aromatic heterocycles. The predicted octanol–water partition coefficient (Wildman–Crippen LogP) is -0.493. The Kier molecular flexibility index (Phi) is 12.0. The van der Waals surface area contributed by atoms with Crippen molar-refractivity contribution in [2.45, 2.75) is 0 Å². The van der Waals surface area contributed by atoms with E-state index in [1.54, 1.807) is 0 Å².